The molecule has 1 aromatic heterocycles. The Bertz CT molecular complexity index is 949. The fourth-order valence-corrected chi connectivity index (χ4v) is 2.72. The van der Waals surface area contributed by atoms with Gasteiger partial charge in [0.1, 0.15) is 11.6 Å². The molecular weight excluding hydrogens is 332 g/mol. The number of primary amides is 1. The number of hydrogen-bond donors (Lipinski definition) is 2. The highest BCUT2D eigenvalue weighted by Crippen LogP contribution is 2.15. The molecule has 134 valence electrons. The summed E-state index contributed by atoms with van der Waals surface area (Å²) in [6, 6.07) is 14.3. The van der Waals surface area contributed by atoms with Crippen LogP contribution >= 0.6 is 0 Å². The maximum Gasteiger partial charge on any atom is 0.258 e. The predicted molar refractivity (Wildman–Crippen MR) is 97.9 cm³/mol. The fraction of sp³-hybridized carbons (Fsp3) is 0.211. The highest BCUT2D eigenvalue weighted by atomic mass is 16.5. The number of nitrogens with zero attached hydrogens (tertiary/aromatic N) is 2. The zero-order valence-corrected chi connectivity index (χ0v) is 14.4. The van der Waals surface area contributed by atoms with Crippen LogP contribution in [0.3, 0.4) is 0 Å². The summed E-state index contributed by atoms with van der Waals surface area (Å²) >= 11 is 0. The molecule has 3 aromatic rings. The number of amides is 2. The molecule has 0 saturated heterocycles. The minimum absolute atomic E-state index is 0.133. The molecule has 3 N–H and O–H groups in total. The molecule has 7 heteroatoms. The van der Waals surface area contributed by atoms with Crippen molar-refractivity contribution in [2.45, 2.75) is 13.5 Å². The molecule has 0 spiro atoms. The number of imidazole rings is 1. The van der Waals surface area contributed by atoms with E-state index in [1.54, 1.807) is 18.2 Å². The number of carbonyl (C=O) groups is 2. The Labute approximate surface area is 150 Å². The van der Waals surface area contributed by atoms with E-state index < -0.39 is 5.91 Å². The number of carbonyl (C=O) groups excluding carboxylic acids is 2. The van der Waals surface area contributed by atoms with Crippen LogP contribution in [0.4, 0.5) is 0 Å². The summed E-state index contributed by atoms with van der Waals surface area (Å²) in [6.07, 6.45) is 0. The Morgan fingerprint density at radius 1 is 1.19 bits per heavy atom. The van der Waals surface area contributed by atoms with Gasteiger partial charge in [0.15, 0.2) is 6.61 Å². The van der Waals surface area contributed by atoms with Crippen LogP contribution in [0, 0.1) is 6.92 Å². The molecule has 0 aliphatic rings. The van der Waals surface area contributed by atoms with Crippen LogP contribution in [0.25, 0.3) is 11.0 Å². The maximum atomic E-state index is 12.0. The minimum atomic E-state index is -0.539. The van der Waals surface area contributed by atoms with Gasteiger partial charge in [-0.1, -0.05) is 18.2 Å². The van der Waals surface area contributed by atoms with Gasteiger partial charge in [-0.15, -0.1) is 0 Å². The summed E-state index contributed by atoms with van der Waals surface area (Å²) < 4.78 is 7.46. The topological polar surface area (TPSA) is 99.2 Å². The molecule has 0 bridgehead atoms. The largest absolute Gasteiger partial charge is 0.484 e. The molecule has 0 fully saturated rings. The van der Waals surface area contributed by atoms with E-state index in [2.05, 4.69) is 14.9 Å². The van der Waals surface area contributed by atoms with E-state index >= 15 is 0 Å². The number of aryl methyl sites for hydroxylation is 1. The van der Waals surface area contributed by atoms with Gasteiger partial charge in [0.25, 0.3) is 5.91 Å². The van der Waals surface area contributed by atoms with E-state index in [0.29, 0.717) is 24.4 Å². The molecular formula is C19H20N4O3. The Morgan fingerprint density at radius 3 is 2.81 bits per heavy atom. The molecule has 0 unspecified atom stereocenters. The Hall–Kier alpha value is -3.35. The highest BCUT2D eigenvalue weighted by Gasteiger charge is 2.08. The normalized spacial score (nSPS) is 10.7. The van der Waals surface area contributed by atoms with Crippen molar-refractivity contribution in [1.29, 1.82) is 0 Å². The van der Waals surface area contributed by atoms with E-state index in [9.17, 15) is 9.59 Å². The third-order valence-corrected chi connectivity index (χ3v) is 3.99. The summed E-state index contributed by atoms with van der Waals surface area (Å²) in [5.74, 6) is 0.548. The summed E-state index contributed by atoms with van der Waals surface area (Å²) in [6.45, 7) is 2.89. The number of hydrogen-bond acceptors (Lipinski definition) is 4. The lowest BCUT2D eigenvalue weighted by Gasteiger charge is -2.10. The standard InChI is InChI=1S/C19H20N4O3/c1-13-22-16-7-2-3-8-17(16)23(13)10-9-21-18(24)12-26-15-6-4-5-14(11-15)19(20)25/h2-8,11H,9-10,12H2,1H3,(H2,20,25)(H,21,24). The summed E-state index contributed by atoms with van der Waals surface area (Å²) in [5, 5.41) is 2.82. The number of ether oxygens (including phenoxy) is 1. The summed E-state index contributed by atoms with van der Waals surface area (Å²) in [5.41, 5.74) is 7.54. The van der Waals surface area contributed by atoms with Crippen LogP contribution in [0.1, 0.15) is 16.2 Å². The molecule has 0 saturated carbocycles. The molecule has 0 radical (unpaired) electrons. The van der Waals surface area contributed by atoms with E-state index in [4.69, 9.17) is 10.5 Å². The number of rotatable bonds is 7. The van der Waals surface area contributed by atoms with Gasteiger partial charge >= 0.3 is 0 Å². The number of fused-ring (bicyclic) bond motifs is 1. The molecule has 2 amide bonds. The second kappa shape index (κ2) is 7.69. The van der Waals surface area contributed by atoms with Crippen molar-refractivity contribution < 1.29 is 14.3 Å². The van der Waals surface area contributed by atoms with E-state index in [1.807, 2.05) is 31.2 Å². The third kappa shape index (κ3) is 4.00. The number of para-hydroxylation sites is 2. The number of nitrogens with one attached hydrogen (secondary N) is 1. The summed E-state index contributed by atoms with van der Waals surface area (Å²) in [7, 11) is 0. The van der Waals surface area contributed by atoms with Crippen LogP contribution < -0.4 is 15.8 Å². The average molecular weight is 352 g/mol. The van der Waals surface area contributed by atoms with Gasteiger partial charge < -0.3 is 20.4 Å². The van der Waals surface area contributed by atoms with E-state index in [-0.39, 0.29) is 12.5 Å². The van der Waals surface area contributed by atoms with Crippen LogP contribution in [0.5, 0.6) is 5.75 Å². The van der Waals surface area contributed by atoms with Gasteiger partial charge in [0.05, 0.1) is 11.0 Å². The molecule has 7 nitrogen and oxygen atoms in total. The average Bonchev–Trinajstić information content (AvgIpc) is 2.96. The molecule has 26 heavy (non-hydrogen) atoms. The van der Waals surface area contributed by atoms with Crippen LogP contribution in [-0.2, 0) is 11.3 Å². The minimum Gasteiger partial charge on any atom is -0.484 e. The first kappa shape index (κ1) is 17.5. The lowest BCUT2D eigenvalue weighted by molar-refractivity contribution is -0.123. The zero-order chi connectivity index (χ0) is 18.5. The molecule has 2 aromatic carbocycles. The number of nitrogens with two attached hydrogens (primary N) is 1. The smallest absolute Gasteiger partial charge is 0.258 e. The fourth-order valence-electron chi connectivity index (χ4n) is 2.72. The van der Waals surface area contributed by atoms with Crippen LogP contribution in [0.2, 0.25) is 0 Å². The van der Waals surface area contributed by atoms with Crippen molar-refractivity contribution in [3.63, 3.8) is 0 Å². The monoisotopic (exact) mass is 352 g/mol. The van der Waals surface area contributed by atoms with E-state index in [0.717, 1.165) is 16.9 Å². The van der Waals surface area contributed by atoms with Crippen LogP contribution in [0.15, 0.2) is 48.5 Å². The Kier molecular flexibility index (Phi) is 5.17. The number of benzene rings is 2. The SMILES string of the molecule is Cc1nc2ccccc2n1CCNC(=O)COc1cccc(C(N)=O)c1. The third-order valence-electron chi connectivity index (χ3n) is 3.99. The first-order valence-electron chi connectivity index (χ1n) is 8.26. The lowest BCUT2D eigenvalue weighted by Crippen LogP contribution is -2.31. The maximum absolute atomic E-state index is 12.0. The lowest BCUT2D eigenvalue weighted by atomic mass is 10.2. The van der Waals surface area contributed by atoms with Crippen molar-refractivity contribution >= 4 is 22.8 Å². The van der Waals surface area contributed by atoms with Gasteiger partial charge in [-0.2, -0.15) is 0 Å². The van der Waals surface area contributed by atoms with Gasteiger partial charge in [-0.25, -0.2) is 4.98 Å². The van der Waals surface area contributed by atoms with Gasteiger partial charge in [-0.05, 0) is 37.3 Å². The molecule has 1 heterocycles. The van der Waals surface area contributed by atoms with Gasteiger partial charge in [0, 0.05) is 18.7 Å². The zero-order valence-electron chi connectivity index (χ0n) is 14.4. The molecule has 0 aliphatic heterocycles. The highest BCUT2D eigenvalue weighted by molar-refractivity contribution is 5.93. The molecule has 3 rings (SSSR count). The predicted octanol–water partition coefficient (Wildman–Crippen LogP) is 1.64. The van der Waals surface area contributed by atoms with Crippen molar-refractivity contribution in [3.8, 4) is 5.75 Å². The first-order chi connectivity index (χ1) is 12.5. The van der Waals surface area contributed by atoms with E-state index in [1.165, 1.54) is 6.07 Å². The van der Waals surface area contributed by atoms with Crippen molar-refractivity contribution in [2.24, 2.45) is 5.73 Å². The number of aromatic nitrogens is 2. The van der Waals surface area contributed by atoms with Gasteiger partial charge in [0.2, 0.25) is 5.91 Å². The summed E-state index contributed by atoms with van der Waals surface area (Å²) in [4.78, 5) is 27.6. The Balaban J connectivity index is 1.51. The van der Waals surface area contributed by atoms with Gasteiger partial charge in [-0.3, -0.25) is 9.59 Å². The quantitative estimate of drug-likeness (QED) is 0.675. The second-order valence-corrected chi connectivity index (χ2v) is 5.83. The Morgan fingerprint density at radius 2 is 2.00 bits per heavy atom. The molecule has 0 aliphatic carbocycles. The second-order valence-electron chi connectivity index (χ2n) is 5.83. The van der Waals surface area contributed by atoms with Crippen LogP contribution in [-0.4, -0.2) is 34.5 Å². The first-order valence-corrected chi connectivity index (χ1v) is 8.26. The van der Waals surface area contributed by atoms with Crippen molar-refractivity contribution in [1.82, 2.24) is 14.9 Å². The van der Waals surface area contributed by atoms with Crippen molar-refractivity contribution in [2.75, 3.05) is 13.2 Å². The molecule has 0 atom stereocenters. The van der Waals surface area contributed by atoms with Crippen molar-refractivity contribution in [3.05, 3.63) is 59.9 Å².